The zero-order valence-corrected chi connectivity index (χ0v) is 25.2. The third-order valence-electron chi connectivity index (χ3n) is 8.06. The van der Waals surface area contributed by atoms with Gasteiger partial charge in [0.05, 0.1) is 35.9 Å². The van der Waals surface area contributed by atoms with Crippen molar-refractivity contribution in [3.63, 3.8) is 0 Å². The molecule has 15 heteroatoms. The predicted molar refractivity (Wildman–Crippen MR) is 159 cm³/mol. The van der Waals surface area contributed by atoms with Crippen LogP contribution in [0.2, 0.25) is 5.02 Å². The van der Waals surface area contributed by atoms with Crippen molar-refractivity contribution < 1.29 is 32.6 Å². The first kappa shape index (κ1) is 30.6. The molecule has 6 rings (SSSR count). The Morgan fingerprint density at radius 1 is 1.22 bits per heavy atom. The summed E-state index contributed by atoms with van der Waals surface area (Å²) in [7, 11) is 0. The fourth-order valence-corrected chi connectivity index (χ4v) is 6.05. The van der Waals surface area contributed by atoms with E-state index in [2.05, 4.69) is 15.3 Å². The first-order chi connectivity index (χ1) is 21.3. The van der Waals surface area contributed by atoms with Crippen LogP contribution in [0.1, 0.15) is 37.0 Å². The van der Waals surface area contributed by atoms with Crippen molar-refractivity contribution in [3.8, 4) is 16.9 Å². The van der Waals surface area contributed by atoms with Crippen molar-refractivity contribution in [1.29, 1.82) is 0 Å². The number of carbonyl (C=O) groups excluding carboxylic acids is 2. The van der Waals surface area contributed by atoms with Gasteiger partial charge in [0.1, 0.15) is 28.9 Å². The number of halogens is 4. The van der Waals surface area contributed by atoms with E-state index in [-0.39, 0.29) is 45.8 Å². The highest BCUT2D eigenvalue weighted by molar-refractivity contribution is 6.33. The molecule has 5 heterocycles. The van der Waals surface area contributed by atoms with Gasteiger partial charge in [-0.1, -0.05) is 25.4 Å². The van der Waals surface area contributed by atoms with Crippen LogP contribution >= 0.6 is 11.6 Å². The van der Waals surface area contributed by atoms with Gasteiger partial charge in [-0.15, -0.1) is 0 Å². The topological polar surface area (TPSA) is 132 Å². The van der Waals surface area contributed by atoms with Crippen LogP contribution in [0.25, 0.3) is 22.2 Å². The van der Waals surface area contributed by atoms with Crippen LogP contribution < -0.4 is 15.8 Å². The summed E-state index contributed by atoms with van der Waals surface area (Å²) in [5, 5.41) is 12.0. The Kier molecular flexibility index (Phi) is 7.60. The molecule has 3 aromatic heterocycles. The van der Waals surface area contributed by atoms with E-state index in [9.17, 15) is 28.3 Å². The number of benzene rings is 1. The minimum Gasteiger partial charge on any atom is -0.504 e. The molecule has 0 radical (unpaired) electrons. The molecule has 2 N–H and O–H groups in total. The zero-order chi connectivity index (χ0) is 32.4. The summed E-state index contributed by atoms with van der Waals surface area (Å²) in [6, 6.07) is 2.26. The number of morpholine rings is 1. The number of rotatable bonds is 6. The smallest absolute Gasteiger partial charge is 0.263 e. The number of carbonyl (C=O) groups is 2. The summed E-state index contributed by atoms with van der Waals surface area (Å²) >= 11 is 6.17. The van der Waals surface area contributed by atoms with Crippen molar-refractivity contribution in [3.05, 3.63) is 62.7 Å². The maximum Gasteiger partial charge on any atom is 0.263 e. The number of aromatic hydroxyl groups is 1. The number of nitrogens with zero attached hydrogens (tertiary/aromatic N) is 5. The van der Waals surface area contributed by atoms with E-state index < -0.39 is 57.5 Å². The van der Waals surface area contributed by atoms with E-state index in [0.717, 1.165) is 6.07 Å². The van der Waals surface area contributed by atoms with Crippen LogP contribution in [0.15, 0.2) is 23.1 Å². The van der Waals surface area contributed by atoms with Crippen LogP contribution in [-0.4, -0.2) is 62.2 Å². The summed E-state index contributed by atoms with van der Waals surface area (Å²) in [6.45, 7) is 6.88. The van der Waals surface area contributed by atoms with E-state index in [1.165, 1.54) is 21.4 Å². The maximum absolute atomic E-state index is 15.2. The van der Waals surface area contributed by atoms with E-state index in [1.807, 2.05) is 25.7 Å². The Hall–Kier alpha value is -4.43. The number of ether oxygens (including phenoxy) is 1. The van der Waals surface area contributed by atoms with Gasteiger partial charge in [-0.05, 0) is 18.4 Å². The van der Waals surface area contributed by atoms with Crippen molar-refractivity contribution in [2.75, 3.05) is 30.0 Å². The highest BCUT2D eigenvalue weighted by Crippen LogP contribution is 2.37. The van der Waals surface area contributed by atoms with Gasteiger partial charge in [0.15, 0.2) is 17.9 Å². The SMILES string of the molecule is CC1COCCN1c1cc(NC(=O)Cn2cc(-c3cc(C=O)c(O)c(F)c3F)c3c(=O)n4c(nc32)CC(C)(C)C4)c(Cl)c(F)n1. The molecule has 1 fully saturated rings. The second kappa shape index (κ2) is 11.2. The first-order valence-corrected chi connectivity index (χ1v) is 14.5. The number of nitrogens with one attached hydrogen (secondary N) is 1. The Morgan fingerprint density at radius 2 is 1.98 bits per heavy atom. The van der Waals surface area contributed by atoms with Gasteiger partial charge >= 0.3 is 0 Å². The van der Waals surface area contributed by atoms with Gasteiger partial charge in [0.2, 0.25) is 17.7 Å². The molecular formula is C30H28ClF3N6O5. The van der Waals surface area contributed by atoms with E-state index in [0.29, 0.717) is 38.5 Å². The maximum atomic E-state index is 15.2. The fraction of sp³-hybridized carbons (Fsp3) is 0.367. The third kappa shape index (κ3) is 5.31. The molecule has 1 unspecified atom stereocenters. The summed E-state index contributed by atoms with van der Waals surface area (Å²) < 4.78 is 52.8. The van der Waals surface area contributed by atoms with Crippen LogP contribution in [0.5, 0.6) is 5.75 Å². The molecule has 4 aromatic rings. The monoisotopic (exact) mass is 644 g/mol. The molecule has 2 aliphatic rings. The Morgan fingerprint density at radius 3 is 2.69 bits per heavy atom. The lowest BCUT2D eigenvalue weighted by atomic mass is 9.92. The average molecular weight is 645 g/mol. The predicted octanol–water partition coefficient (Wildman–Crippen LogP) is 4.29. The first-order valence-electron chi connectivity index (χ1n) is 14.1. The van der Waals surface area contributed by atoms with Gasteiger partial charge in [-0.2, -0.15) is 8.78 Å². The normalized spacial score (nSPS) is 17.5. The van der Waals surface area contributed by atoms with Crippen molar-refractivity contribution in [1.82, 2.24) is 19.1 Å². The van der Waals surface area contributed by atoms with Crippen LogP contribution in [0.3, 0.4) is 0 Å². The van der Waals surface area contributed by atoms with Crippen molar-refractivity contribution in [2.24, 2.45) is 5.41 Å². The molecule has 45 heavy (non-hydrogen) atoms. The molecule has 236 valence electrons. The molecule has 0 saturated carbocycles. The largest absolute Gasteiger partial charge is 0.504 e. The lowest BCUT2D eigenvalue weighted by molar-refractivity contribution is -0.116. The lowest BCUT2D eigenvalue weighted by Gasteiger charge is -2.34. The standard InChI is InChI=1S/C30H28ClF3N6O5/c1-14-12-45-5-4-39(14)19-7-18(23(31)27(34)36-19)35-21(42)10-38-9-17(16-6-15(11-41)26(43)25(33)24(16)32)22-28(38)37-20-8-30(2,3)13-40(20)29(22)44/h6-7,9,11,14,43H,4-5,8,10,12-13H2,1-3H3,(H,35,36,42). The second-order valence-corrected chi connectivity index (χ2v) is 12.4. The van der Waals surface area contributed by atoms with Crippen LogP contribution in [0.4, 0.5) is 24.7 Å². The number of pyridine rings is 1. The second-order valence-electron chi connectivity index (χ2n) is 12.0. The van der Waals surface area contributed by atoms with E-state index in [4.69, 9.17) is 16.3 Å². The zero-order valence-electron chi connectivity index (χ0n) is 24.5. The number of aldehydes is 1. The number of phenols is 1. The molecular weight excluding hydrogens is 617 g/mol. The van der Waals surface area contributed by atoms with Gasteiger partial charge < -0.3 is 24.6 Å². The quantitative estimate of drug-likeness (QED) is 0.235. The number of hydrogen-bond donors (Lipinski definition) is 2. The minimum atomic E-state index is -1.66. The molecule has 1 atom stereocenters. The highest BCUT2D eigenvalue weighted by Gasteiger charge is 2.33. The number of phenolic OH excluding ortho intramolecular Hbond substituents is 1. The van der Waals surface area contributed by atoms with Gasteiger partial charge in [0, 0.05) is 42.9 Å². The van der Waals surface area contributed by atoms with Gasteiger partial charge in [-0.3, -0.25) is 19.0 Å². The highest BCUT2D eigenvalue weighted by atomic mass is 35.5. The summed E-state index contributed by atoms with van der Waals surface area (Å²) in [6.07, 6.45) is 1.85. The molecule has 11 nitrogen and oxygen atoms in total. The molecule has 1 amide bonds. The Bertz CT molecular complexity index is 1960. The van der Waals surface area contributed by atoms with E-state index in [1.54, 1.807) is 0 Å². The third-order valence-corrected chi connectivity index (χ3v) is 8.42. The molecule has 0 bridgehead atoms. The molecule has 1 saturated heterocycles. The summed E-state index contributed by atoms with van der Waals surface area (Å²) in [5.41, 5.74) is -2.03. The lowest BCUT2D eigenvalue weighted by Crippen LogP contribution is -2.44. The van der Waals surface area contributed by atoms with E-state index >= 15 is 4.39 Å². The van der Waals surface area contributed by atoms with Gasteiger partial charge in [0.25, 0.3) is 5.56 Å². The number of amides is 1. The van der Waals surface area contributed by atoms with Crippen molar-refractivity contribution >= 4 is 46.3 Å². The Balaban J connectivity index is 1.43. The number of aromatic nitrogens is 4. The van der Waals surface area contributed by atoms with Crippen molar-refractivity contribution in [2.45, 2.75) is 46.3 Å². The Labute approximate surface area is 259 Å². The summed E-state index contributed by atoms with van der Waals surface area (Å²) in [5.74, 6) is -5.31. The molecule has 1 aromatic carbocycles. The van der Waals surface area contributed by atoms with Crippen LogP contribution in [-0.2, 0) is 29.0 Å². The molecule has 2 aliphatic heterocycles. The number of hydrogen-bond acceptors (Lipinski definition) is 8. The van der Waals surface area contributed by atoms with Crippen LogP contribution in [0, 0.1) is 23.0 Å². The number of anilines is 2. The average Bonchev–Trinajstić information content (AvgIpc) is 3.50. The molecule has 0 spiro atoms. The van der Waals surface area contributed by atoms with Gasteiger partial charge in [-0.25, -0.2) is 14.4 Å². The minimum absolute atomic E-state index is 0.0180. The molecule has 0 aliphatic carbocycles. The fourth-order valence-electron chi connectivity index (χ4n) is 5.90. The summed E-state index contributed by atoms with van der Waals surface area (Å²) in [4.78, 5) is 49.1. The number of fused-ring (bicyclic) bond motifs is 2.